The van der Waals surface area contributed by atoms with Gasteiger partial charge in [0.2, 0.25) is 11.5 Å². The molecule has 0 spiro atoms. The van der Waals surface area contributed by atoms with E-state index >= 15 is 0 Å². The van der Waals surface area contributed by atoms with E-state index in [4.69, 9.17) is 31.2 Å². The molecule has 3 rings (SSSR count). The van der Waals surface area contributed by atoms with E-state index in [1.165, 1.54) is 14.2 Å². The van der Waals surface area contributed by atoms with Crippen LogP contribution in [0.15, 0.2) is 12.1 Å². The van der Waals surface area contributed by atoms with E-state index in [-0.39, 0.29) is 5.92 Å². The van der Waals surface area contributed by atoms with Gasteiger partial charge in [-0.05, 0) is 47.9 Å². The summed E-state index contributed by atoms with van der Waals surface area (Å²) in [6, 6.07) is 3.67. The van der Waals surface area contributed by atoms with E-state index in [1.54, 1.807) is 41.4 Å². The SMILES string of the molecule is [2H][C@@H]1c2cc(OC)c(OC)c(OC)c2-c2c(cc(OC)c(OC)c2OC)C[C@H](C)[C@]1([2H])C. The van der Waals surface area contributed by atoms with Crippen molar-refractivity contribution in [2.24, 2.45) is 11.8 Å². The molecule has 2 aromatic carbocycles. The van der Waals surface area contributed by atoms with E-state index < -0.39 is 12.3 Å². The maximum absolute atomic E-state index is 9.11. The Hall–Kier alpha value is -2.76. The minimum absolute atomic E-state index is 0.140. The summed E-state index contributed by atoms with van der Waals surface area (Å²) in [5.74, 6) is 1.48. The number of ether oxygens (including phenoxy) is 6. The molecule has 0 N–H and O–H groups in total. The van der Waals surface area contributed by atoms with Gasteiger partial charge >= 0.3 is 0 Å². The molecular weight excluding hydrogens is 384 g/mol. The van der Waals surface area contributed by atoms with Gasteiger partial charge in [0, 0.05) is 13.9 Å². The summed E-state index contributed by atoms with van der Waals surface area (Å²) in [5, 5.41) is 0. The van der Waals surface area contributed by atoms with Crippen LogP contribution >= 0.6 is 0 Å². The third kappa shape index (κ3) is 3.48. The molecule has 6 nitrogen and oxygen atoms in total. The average Bonchev–Trinajstić information content (AvgIpc) is 2.80. The van der Waals surface area contributed by atoms with Gasteiger partial charge < -0.3 is 28.4 Å². The lowest BCUT2D eigenvalue weighted by molar-refractivity contribution is 0.318. The number of fused-ring (bicyclic) bond motifs is 3. The summed E-state index contributed by atoms with van der Waals surface area (Å²) >= 11 is 0. The highest BCUT2D eigenvalue weighted by atomic mass is 16.5. The van der Waals surface area contributed by atoms with Crippen LogP contribution in [0.5, 0.6) is 34.5 Å². The van der Waals surface area contributed by atoms with Gasteiger partial charge in [-0.15, -0.1) is 0 Å². The van der Waals surface area contributed by atoms with E-state index in [0.29, 0.717) is 52.0 Å². The minimum atomic E-state index is -1.09. The summed E-state index contributed by atoms with van der Waals surface area (Å²) in [4.78, 5) is 0. The fraction of sp³-hybridized carbons (Fsp3) is 0.500. The lowest BCUT2D eigenvalue weighted by Crippen LogP contribution is -2.18. The van der Waals surface area contributed by atoms with Crippen molar-refractivity contribution in [1.82, 2.24) is 0 Å². The minimum Gasteiger partial charge on any atom is -0.493 e. The highest BCUT2D eigenvalue weighted by Crippen LogP contribution is 2.55. The van der Waals surface area contributed by atoms with Crippen LogP contribution in [0.1, 0.15) is 27.7 Å². The molecule has 0 amide bonds. The maximum Gasteiger partial charge on any atom is 0.203 e. The second kappa shape index (κ2) is 8.94. The highest BCUT2D eigenvalue weighted by molar-refractivity contribution is 5.88. The lowest BCUT2D eigenvalue weighted by Gasteiger charge is -2.30. The molecule has 0 bridgehead atoms. The average molecular weight is 419 g/mol. The van der Waals surface area contributed by atoms with Crippen molar-refractivity contribution in [2.45, 2.75) is 26.7 Å². The second-order valence-corrected chi connectivity index (χ2v) is 7.28. The number of methoxy groups -OCH3 is 6. The Labute approximate surface area is 181 Å². The predicted octanol–water partition coefficient (Wildman–Crippen LogP) is 4.78. The standard InChI is InChI=1S/C24H32O6/c1-13-9-15-11-17(25-3)21(27-5)23(29-7)19(15)20-16(10-14(13)2)12-18(26-4)22(28-6)24(20)30-8/h11-14H,9-10H2,1-8H3/t13-,14+/i9D,13D/t9-,13+,14-/m0/s1. The van der Waals surface area contributed by atoms with Gasteiger partial charge in [0.25, 0.3) is 0 Å². The molecule has 1 aliphatic rings. The van der Waals surface area contributed by atoms with Crippen LogP contribution in [0, 0.1) is 11.8 Å². The lowest BCUT2D eigenvalue weighted by atomic mass is 9.77. The Kier molecular flexibility index (Phi) is 5.73. The molecule has 0 saturated carbocycles. The molecule has 0 radical (unpaired) electrons. The fourth-order valence-corrected chi connectivity index (χ4v) is 4.07. The molecule has 0 heterocycles. The van der Waals surface area contributed by atoms with Gasteiger partial charge in [-0.2, -0.15) is 0 Å². The monoisotopic (exact) mass is 418 g/mol. The molecule has 0 saturated heterocycles. The summed E-state index contributed by atoms with van der Waals surface area (Å²) in [7, 11) is 9.32. The predicted molar refractivity (Wildman–Crippen MR) is 117 cm³/mol. The Morgan fingerprint density at radius 3 is 1.57 bits per heavy atom. The van der Waals surface area contributed by atoms with Gasteiger partial charge in [0.05, 0.1) is 42.7 Å². The second-order valence-electron chi connectivity index (χ2n) is 7.28. The molecular formula is C24H32O6. The van der Waals surface area contributed by atoms with Crippen molar-refractivity contribution in [3.8, 4) is 45.6 Å². The van der Waals surface area contributed by atoms with Crippen LogP contribution in [-0.4, -0.2) is 42.7 Å². The summed E-state index contributed by atoms with van der Waals surface area (Å²) in [6.45, 7) is 3.79. The molecule has 0 aromatic heterocycles. The number of hydrogen-bond acceptors (Lipinski definition) is 6. The topological polar surface area (TPSA) is 55.4 Å². The quantitative estimate of drug-likeness (QED) is 0.673. The Bertz CT molecular complexity index is 1000. The van der Waals surface area contributed by atoms with E-state index in [9.17, 15) is 0 Å². The van der Waals surface area contributed by atoms with Crippen LogP contribution in [0.25, 0.3) is 11.1 Å². The third-order valence-corrected chi connectivity index (χ3v) is 5.71. The van der Waals surface area contributed by atoms with Gasteiger partial charge in [-0.25, -0.2) is 0 Å². The van der Waals surface area contributed by atoms with Gasteiger partial charge in [-0.3, -0.25) is 0 Å². The highest BCUT2D eigenvalue weighted by Gasteiger charge is 2.32. The Morgan fingerprint density at radius 1 is 0.700 bits per heavy atom. The zero-order chi connectivity index (χ0) is 23.8. The zero-order valence-corrected chi connectivity index (χ0v) is 19.0. The van der Waals surface area contributed by atoms with Gasteiger partial charge in [0.1, 0.15) is 0 Å². The summed E-state index contributed by atoms with van der Waals surface area (Å²) in [6.07, 6.45) is -0.342. The van der Waals surface area contributed by atoms with Crippen molar-refractivity contribution < 1.29 is 31.2 Å². The van der Waals surface area contributed by atoms with Crippen LogP contribution in [0.2, 0.25) is 0 Å². The first-order valence-electron chi connectivity index (χ1n) is 10.9. The summed E-state index contributed by atoms with van der Waals surface area (Å²) in [5.41, 5.74) is 2.86. The molecule has 0 unspecified atom stereocenters. The molecule has 30 heavy (non-hydrogen) atoms. The van der Waals surface area contributed by atoms with Gasteiger partial charge in [0.15, 0.2) is 23.0 Å². The third-order valence-electron chi connectivity index (χ3n) is 5.71. The first-order valence-corrected chi connectivity index (χ1v) is 9.78. The maximum atomic E-state index is 9.11. The van der Waals surface area contributed by atoms with Crippen molar-refractivity contribution in [2.75, 3.05) is 42.7 Å². The molecule has 3 atom stereocenters. The van der Waals surface area contributed by atoms with E-state index in [1.807, 2.05) is 13.0 Å². The van der Waals surface area contributed by atoms with Crippen molar-refractivity contribution in [3.63, 3.8) is 0 Å². The zero-order valence-electron chi connectivity index (χ0n) is 21.0. The first-order chi connectivity index (χ1) is 15.2. The molecule has 6 heteroatoms. The largest absolute Gasteiger partial charge is 0.493 e. The molecule has 0 fully saturated rings. The van der Waals surface area contributed by atoms with E-state index in [2.05, 4.69) is 0 Å². The molecule has 164 valence electrons. The first kappa shape index (κ1) is 19.2. The number of benzene rings is 2. The van der Waals surface area contributed by atoms with Crippen molar-refractivity contribution >= 4 is 0 Å². The molecule has 1 aliphatic carbocycles. The van der Waals surface area contributed by atoms with Crippen molar-refractivity contribution in [3.05, 3.63) is 23.3 Å². The fourth-order valence-electron chi connectivity index (χ4n) is 4.07. The number of hydrogen-bond donors (Lipinski definition) is 0. The van der Waals surface area contributed by atoms with E-state index in [0.717, 1.165) is 11.1 Å². The Morgan fingerprint density at radius 2 is 1.13 bits per heavy atom. The summed E-state index contributed by atoms with van der Waals surface area (Å²) < 4.78 is 52.3. The van der Waals surface area contributed by atoms with Crippen LogP contribution in [-0.2, 0) is 12.8 Å². The van der Waals surface area contributed by atoms with Crippen molar-refractivity contribution in [1.29, 1.82) is 0 Å². The molecule has 0 aliphatic heterocycles. The smallest absolute Gasteiger partial charge is 0.203 e. The van der Waals surface area contributed by atoms with Gasteiger partial charge in [-0.1, -0.05) is 13.8 Å². The number of rotatable bonds is 6. The van der Waals surface area contributed by atoms with Crippen LogP contribution in [0.3, 0.4) is 0 Å². The van der Waals surface area contributed by atoms with Crippen LogP contribution < -0.4 is 28.4 Å². The molecule has 2 aromatic rings. The Balaban J connectivity index is 2.60. The normalized spacial score (nSPS) is 23.6. The van der Waals surface area contributed by atoms with Crippen LogP contribution in [0.4, 0.5) is 0 Å².